The molecule has 1 unspecified atom stereocenters. The minimum absolute atomic E-state index is 0.0156. The molecule has 1 nitrogen and oxygen atoms in total. The van der Waals surface area contributed by atoms with Gasteiger partial charge in [0.05, 0.1) is 0 Å². The summed E-state index contributed by atoms with van der Waals surface area (Å²) < 4.78 is 50.0. The summed E-state index contributed by atoms with van der Waals surface area (Å²) in [7, 11) is 0. The highest BCUT2D eigenvalue weighted by Crippen LogP contribution is 2.21. The molecule has 0 radical (unpaired) electrons. The minimum Gasteiger partial charge on any atom is -0.288 e. The molecule has 0 amide bonds. The fourth-order valence-corrected chi connectivity index (χ4v) is 1.99. The van der Waals surface area contributed by atoms with Crippen LogP contribution in [0.15, 0.2) is 18.2 Å². The highest BCUT2D eigenvalue weighted by molar-refractivity contribution is 6.00. The molecule has 1 rings (SSSR count). The van der Waals surface area contributed by atoms with Gasteiger partial charge in [-0.05, 0) is 29.5 Å². The number of Topliss-reactive ketones (excluding diaryl/α,β-unsaturated/α-hetero) is 1. The quantitative estimate of drug-likeness (QED) is 0.532. The fourth-order valence-electron chi connectivity index (χ4n) is 1.99. The van der Waals surface area contributed by atoms with Crippen LogP contribution >= 0.6 is 0 Å². The maximum absolute atomic E-state index is 12.6. The van der Waals surface area contributed by atoms with Crippen molar-refractivity contribution < 1.29 is 22.4 Å². The topological polar surface area (TPSA) is 17.1 Å². The van der Waals surface area contributed by atoms with Gasteiger partial charge in [-0.2, -0.15) is 0 Å². The zero-order chi connectivity index (χ0) is 15.3. The molecule has 112 valence electrons. The second kappa shape index (κ2) is 7.41. The first-order valence-electron chi connectivity index (χ1n) is 6.57. The first-order chi connectivity index (χ1) is 9.35. The van der Waals surface area contributed by atoms with E-state index in [4.69, 9.17) is 0 Å². The third-order valence-corrected chi connectivity index (χ3v) is 3.29. The van der Waals surface area contributed by atoms with E-state index in [1.807, 2.05) is 13.8 Å². The summed E-state index contributed by atoms with van der Waals surface area (Å²) in [6.45, 7) is 4.00. The molecule has 1 aromatic rings. The third-order valence-electron chi connectivity index (χ3n) is 3.29. The maximum Gasteiger partial charge on any atom is 0.300 e. The molecule has 0 spiro atoms. The van der Waals surface area contributed by atoms with Gasteiger partial charge in [0.2, 0.25) is 12.2 Å². The highest BCUT2D eigenvalue weighted by Gasteiger charge is 2.23. The van der Waals surface area contributed by atoms with Crippen molar-refractivity contribution in [2.45, 2.75) is 46.0 Å². The molecular weight excluding hydrogens is 272 g/mol. The monoisotopic (exact) mass is 290 g/mol. The number of carbonyl (C=O) groups excluding carboxylic acids is 1. The number of hydrogen-bond donors (Lipinski definition) is 0. The molecule has 0 N–H and O–H groups in total. The van der Waals surface area contributed by atoms with E-state index in [-0.39, 0.29) is 11.1 Å². The molecule has 0 bridgehead atoms. The number of alkyl halides is 4. The summed E-state index contributed by atoms with van der Waals surface area (Å²) in [5.74, 6) is -1.04. The number of rotatable bonds is 7. The molecule has 0 fully saturated rings. The van der Waals surface area contributed by atoms with Crippen LogP contribution in [-0.2, 0) is 12.8 Å². The Balaban J connectivity index is 3.11. The summed E-state index contributed by atoms with van der Waals surface area (Å²) in [4.78, 5) is 11.5. The van der Waals surface area contributed by atoms with Gasteiger partial charge >= 0.3 is 6.43 Å². The van der Waals surface area contributed by atoms with E-state index in [1.165, 1.54) is 12.1 Å². The van der Waals surface area contributed by atoms with Gasteiger partial charge in [-0.25, -0.2) is 17.6 Å². The average Bonchev–Trinajstić information content (AvgIpc) is 2.38. The molecule has 1 atom stereocenters. The molecule has 1 aromatic carbocycles. The van der Waals surface area contributed by atoms with Crippen molar-refractivity contribution in [2.24, 2.45) is 5.92 Å². The van der Waals surface area contributed by atoms with Gasteiger partial charge in [0.25, 0.3) is 0 Å². The first-order valence-corrected chi connectivity index (χ1v) is 6.57. The lowest BCUT2D eigenvalue weighted by atomic mass is 9.93. The molecule has 0 saturated heterocycles. The van der Waals surface area contributed by atoms with Crippen LogP contribution in [-0.4, -0.2) is 18.6 Å². The van der Waals surface area contributed by atoms with Crippen LogP contribution in [0.5, 0.6) is 0 Å². The second-order valence-electron chi connectivity index (χ2n) is 4.97. The van der Waals surface area contributed by atoms with Crippen LogP contribution in [0.2, 0.25) is 0 Å². The van der Waals surface area contributed by atoms with Gasteiger partial charge in [0.15, 0.2) is 0 Å². The van der Waals surface area contributed by atoms with Crippen LogP contribution in [0, 0.1) is 5.92 Å². The summed E-state index contributed by atoms with van der Waals surface area (Å²) in [5, 5.41) is 0. The molecular formula is C15H18F4O. The minimum atomic E-state index is -3.18. The fraction of sp³-hybridized carbons (Fsp3) is 0.533. The van der Waals surface area contributed by atoms with Crippen molar-refractivity contribution in [3.05, 3.63) is 34.9 Å². The van der Waals surface area contributed by atoms with E-state index in [1.54, 1.807) is 6.07 Å². The van der Waals surface area contributed by atoms with Gasteiger partial charge in [-0.3, -0.25) is 4.79 Å². The van der Waals surface area contributed by atoms with E-state index < -0.39 is 25.1 Å². The lowest BCUT2D eigenvalue weighted by molar-refractivity contribution is 0.0676. The van der Waals surface area contributed by atoms with Crippen LogP contribution in [0.4, 0.5) is 17.6 Å². The Kier molecular flexibility index (Phi) is 6.17. The number of ketones is 1. The van der Waals surface area contributed by atoms with E-state index >= 15 is 0 Å². The largest absolute Gasteiger partial charge is 0.300 e. The SMILES string of the molecule is CCC(C)Cc1ccc(CC(F)F)c(C(=O)C(F)F)c1. The summed E-state index contributed by atoms with van der Waals surface area (Å²) >= 11 is 0. The lowest BCUT2D eigenvalue weighted by Crippen LogP contribution is -2.15. The third kappa shape index (κ3) is 4.62. The Morgan fingerprint density at radius 3 is 2.30 bits per heavy atom. The number of carbonyl (C=O) groups is 1. The van der Waals surface area contributed by atoms with Crippen LogP contribution < -0.4 is 0 Å². The first kappa shape index (κ1) is 16.7. The smallest absolute Gasteiger partial charge is 0.288 e. The van der Waals surface area contributed by atoms with Crippen molar-refractivity contribution in [1.82, 2.24) is 0 Å². The standard InChI is InChI=1S/C15H18F4O/c1-3-9(2)6-10-4-5-11(8-13(16)17)12(7-10)14(20)15(18)19/h4-5,7,9,13,15H,3,6,8H2,1-2H3. The zero-order valence-electron chi connectivity index (χ0n) is 11.5. The molecule has 5 heteroatoms. The van der Waals surface area contributed by atoms with E-state index in [9.17, 15) is 22.4 Å². The maximum atomic E-state index is 12.6. The zero-order valence-corrected chi connectivity index (χ0v) is 11.5. The number of benzene rings is 1. The van der Waals surface area contributed by atoms with E-state index in [0.29, 0.717) is 12.3 Å². The Morgan fingerprint density at radius 2 is 1.80 bits per heavy atom. The molecule has 20 heavy (non-hydrogen) atoms. The van der Waals surface area contributed by atoms with Gasteiger partial charge < -0.3 is 0 Å². The summed E-state index contributed by atoms with van der Waals surface area (Å²) in [5.41, 5.74) is 0.431. The second-order valence-corrected chi connectivity index (χ2v) is 4.97. The molecule has 0 aliphatic heterocycles. The normalized spacial score (nSPS) is 13.0. The predicted molar refractivity (Wildman–Crippen MR) is 69.6 cm³/mol. The highest BCUT2D eigenvalue weighted by atomic mass is 19.3. The molecule has 0 heterocycles. The van der Waals surface area contributed by atoms with Gasteiger partial charge in [-0.15, -0.1) is 0 Å². The van der Waals surface area contributed by atoms with E-state index in [0.717, 1.165) is 12.0 Å². The molecule has 0 aliphatic rings. The van der Waals surface area contributed by atoms with Gasteiger partial charge in [0.1, 0.15) is 0 Å². The molecule has 0 saturated carbocycles. The Bertz CT molecular complexity index is 457. The Hall–Kier alpha value is -1.39. The van der Waals surface area contributed by atoms with Crippen molar-refractivity contribution >= 4 is 5.78 Å². The van der Waals surface area contributed by atoms with Crippen LogP contribution in [0.1, 0.15) is 41.8 Å². The van der Waals surface area contributed by atoms with Gasteiger partial charge in [-0.1, -0.05) is 32.4 Å². The summed E-state index contributed by atoms with van der Waals surface area (Å²) in [6.07, 6.45) is -4.98. The van der Waals surface area contributed by atoms with Crippen LogP contribution in [0.25, 0.3) is 0 Å². The Morgan fingerprint density at radius 1 is 1.15 bits per heavy atom. The molecule has 0 aliphatic carbocycles. The Labute approximate surface area is 116 Å². The van der Waals surface area contributed by atoms with Crippen LogP contribution in [0.3, 0.4) is 0 Å². The summed E-state index contributed by atoms with van der Waals surface area (Å²) in [6, 6.07) is 4.32. The van der Waals surface area contributed by atoms with E-state index in [2.05, 4.69) is 0 Å². The van der Waals surface area contributed by atoms with Crippen molar-refractivity contribution in [2.75, 3.05) is 0 Å². The van der Waals surface area contributed by atoms with Gasteiger partial charge in [0, 0.05) is 12.0 Å². The average molecular weight is 290 g/mol. The van der Waals surface area contributed by atoms with Crippen molar-refractivity contribution in [3.63, 3.8) is 0 Å². The van der Waals surface area contributed by atoms with Crippen molar-refractivity contribution in [1.29, 1.82) is 0 Å². The lowest BCUT2D eigenvalue weighted by Gasteiger charge is -2.13. The predicted octanol–water partition coefficient (Wildman–Crippen LogP) is 4.53. The molecule has 0 aromatic heterocycles. The van der Waals surface area contributed by atoms with Crippen molar-refractivity contribution in [3.8, 4) is 0 Å². The number of halogens is 4. The number of hydrogen-bond acceptors (Lipinski definition) is 1.